The molecule has 1 aromatic heterocycles. The zero-order valence-corrected chi connectivity index (χ0v) is 12.2. The number of benzene rings is 1. The van der Waals surface area contributed by atoms with E-state index < -0.39 is 0 Å². The van der Waals surface area contributed by atoms with Gasteiger partial charge < -0.3 is 10.6 Å². The Labute approximate surface area is 120 Å². The highest BCUT2D eigenvalue weighted by Gasteiger charge is 2.24. The first-order chi connectivity index (χ1) is 9.65. The lowest BCUT2D eigenvalue weighted by atomic mass is 9.87. The minimum atomic E-state index is 0.548. The quantitative estimate of drug-likeness (QED) is 0.911. The van der Waals surface area contributed by atoms with Gasteiger partial charge in [-0.3, -0.25) is 0 Å². The van der Waals surface area contributed by atoms with E-state index in [0.717, 1.165) is 41.8 Å². The summed E-state index contributed by atoms with van der Waals surface area (Å²) in [5, 5.41) is 0. The Hall–Kier alpha value is -1.84. The van der Waals surface area contributed by atoms with Crippen LogP contribution in [0, 0.1) is 11.8 Å². The van der Waals surface area contributed by atoms with Crippen LogP contribution in [0.5, 0.6) is 0 Å². The number of fused-ring (bicyclic) bond motifs is 1. The average Bonchev–Trinajstić information content (AvgIpc) is 2.46. The standard InChI is InChI=1S/C16H22N4/c1-11(2)12-7-9-20(10-8-12)16-15(17)18-13-5-3-4-6-14(13)19-16/h3-6,11-12H,7-10H2,1-2H3,(H2,17,18). The molecule has 4 nitrogen and oxygen atoms in total. The highest BCUT2D eigenvalue weighted by atomic mass is 15.2. The Morgan fingerprint density at radius 1 is 1.10 bits per heavy atom. The molecule has 1 saturated heterocycles. The number of nitrogens with two attached hydrogens (primary N) is 1. The second-order valence-electron chi connectivity index (χ2n) is 5.99. The van der Waals surface area contributed by atoms with E-state index in [1.54, 1.807) is 0 Å². The van der Waals surface area contributed by atoms with Gasteiger partial charge >= 0.3 is 0 Å². The number of aromatic nitrogens is 2. The predicted molar refractivity (Wildman–Crippen MR) is 83.7 cm³/mol. The molecule has 0 unspecified atom stereocenters. The molecule has 1 fully saturated rings. The summed E-state index contributed by atoms with van der Waals surface area (Å²) in [7, 11) is 0. The van der Waals surface area contributed by atoms with E-state index in [1.165, 1.54) is 12.8 Å². The number of hydrogen-bond acceptors (Lipinski definition) is 4. The summed E-state index contributed by atoms with van der Waals surface area (Å²) in [6, 6.07) is 7.89. The number of anilines is 2. The molecule has 1 aromatic carbocycles. The van der Waals surface area contributed by atoms with Gasteiger partial charge in [0.05, 0.1) is 11.0 Å². The lowest BCUT2D eigenvalue weighted by Crippen LogP contribution is -2.36. The number of nitrogens with zero attached hydrogens (tertiary/aromatic N) is 3. The largest absolute Gasteiger partial charge is 0.381 e. The fourth-order valence-corrected chi connectivity index (χ4v) is 3.02. The van der Waals surface area contributed by atoms with Gasteiger partial charge in [-0.2, -0.15) is 0 Å². The first-order valence-corrected chi connectivity index (χ1v) is 7.42. The van der Waals surface area contributed by atoms with E-state index in [4.69, 9.17) is 10.7 Å². The average molecular weight is 270 g/mol. The number of piperidine rings is 1. The van der Waals surface area contributed by atoms with Crippen LogP contribution < -0.4 is 10.6 Å². The maximum absolute atomic E-state index is 6.10. The van der Waals surface area contributed by atoms with E-state index in [-0.39, 0.29) is 0 Å². The molecule has 4 heteroatoms. The second kappa shape index (κ2) is 5.27. The van der Waals surface area contributed by atoms with E-state index in [0.29, 0.717) is 5.82 Å². The molecule has 20 heavy (non-hydrogen) atoms. The summed E-state index contributed by atoms with van der Waals surface area (Å²) in [6.07, 6.45) is 2.43. The molecule has 0 atom stereocenters. The van der Waals surface area contributed by atoms with Gasteiger partial charge in [0.25, 0.3) is 0 Å². The van der Waals surface area contributed by atoms with Gasteiger partial charge in [0, 0.05) is 13.1 Å². The second-order valence-corrected chi connectivity index (χ2v) is 5.99. The Balaban J connectivity index is 1.86. The van der Waals surface area contributed by atoms with Crippen LogP contribution in [0.4, 0.5) is 11.6 Å². The molecule has 2 aromatic rings. The predicted octanol–water partition coefficient (Wildman–Crippen LogP) is 3.08. The lowest BCUT2D eigenvalue weighted by Gasteiger charge is -2.34. The molecule has 106 valence electrons. The molecular formula is C16H22N4. The van der Waals surface area contributed by atoms with Crippen LogP contribution in [0.15, 0.2) is 24.3 Å². The summed E-state index contributed by atoms with van der Waals surface area (Å²) < 4.78 is 0. The third kappa shape index (κ3) is 2.42. The number of rotatable bonds is 2. The van der Waals surface area contributed by atoms with Crippen molar-refractivity contribution in [3.05, 3.63) is 24.3 Å². The molecule has 0 amide bonds. The molecule has 0 radical (unpaired) electrons. The van der Waals surface area contributed by atoms with Crippen LogP contribution in [0.3, 0.4) is 0 Å². The minimum absolute atomic E-state index is 0.548. The summed E-state index contributed by atoms with van der Waals surface area (Å²) in [5.41, 5.74) is 7.88. The SMILES string of the molecule is CC(C)C1CCN(c2nc3ccccc3nc2N)CC1. The van der Waals surface area contributed by atoms with Crippen molar-refractivity contribution in [2.75, 3.05) is 23.7 Å². The number of nitrogen functional groups attached to an aromatic ring is 1. The van der Waals surface area contributed by atoms with Crippen LogP contribution in [0.2, 0.25) is 0 Å². The molecule has 1 aliphatic heterocycles. The number of hydrogen-bond donors (Lipinski definition) is 1. The maximum atomic E-state index is 6.10. The number of para-hydroxylation sites is 2. The van der Waals surface area contributed by atoms with Gasteiger partial charge in [0.2, 0.25) is 0 Å². The first kappa shape index (κ1) is 13.2. The van der Waals surface area contributed by atoms with Crippen LogP contribution in [-0.2, 0) is 0 Å². The fourth-order valence-electron chi connectivity index (χ4n) is 3.02. The summed E-state index contributed by atoms with van der Waals surface area (Å²) in [5.74, 6) is 2.98. The third-order valence-corrected chi connectivity index (χ3v) is 4.36. The molecule has 3 rings (SSSR count). The molecule has 1 aliphatic rings. The highest BCUT2D eigenvalue weighted by molar-refractivity contribution is 5.79. The van der Waals surface area contributed by atoms with Crippen LogP contribution in [0.25, 0.3) is 11.0 Å². The topological polar surface area (TPSA) is 55.0 Å². The first-order valence-electron chi connectivity index (χ1n) is 7.42. The van der Waals surface area contributed by atoms with Crippen molar-refractivity contribution in [2.24, 2.45) is 11.8 Å². The summed E-state index contributed by atoms with van der Waals surface area (Å²) >= 11 is 0. The molecule has 2 N–H and O–H groups in total. The van der Waals surface area contributed by atoms with E-state index in [9.17, 15) is 0 Å². The van der Waals surface area contributed by atoms with Crippen molar-refractivity contribution in [2.45, 2.75) is 26.7 Å². The molecule has 0 saturated carbocycles. The maximum Gasteiger partial charge on any atom is 0.172 e. The van der Waals surface area contributed by atoms with Crippen molar-refractivity contribution in [3.8, 4) is 0 Å². The van der Waals surface area contributed by atoms with Crippen molar-refractivity contribution in [1.82, 2.24) is 9.97 Å². The normalized spacial score (nSPS) is 17.1. The Morgan fingerprint density at radius 2 is 1.70 bits per heavy atom. The Kier molecular flexibility index (Phi) is 3.47. The van der Waals surface area contributed by atoms with Crippen LogP contribution in [0.1, 0.15) is 26.7 Å². The van der Waals surface area contributed by atoms with Crippen molar-refractivity contribution in [3.63, 3.8) is 0 Å². The fraction of sp³-hybridized carbons (Fsp3) is 0.500. The monoisotopic (exact) mass is 270 g/mol. The van der Waals surface area contributed by atoms with E-state index in [1.807, 2.05) is 24.3 Å². The summed E-state index contributed by atoms with van der Waals surface area (Å²) in [4.78, 5) is 11.5. The molecule has 0 bridgehead atoms. The third-order valence-electron chi connectivity index (χ3n) is 4.36. The molecule has 0 spiro atoms. The highest BCUT2D eigenvalue weighted by Crippen LogP contribution is 2.29. The van der Waals surface area contributed by atoms with Crippen LogP contribution >= 0.6 is 0 Å². The molecule has 0 aliphatic carbocycles. The van der Waals surface area contributed by atoms with E-state index >= 15 is 0 Å². The lowest BCUT2D eigenvalue weighted by molar-refractivity contribution is 0.311. The summed E-state index contributed by atoms with van der Waals surface area (Å²) in [6.45, 7) is 6.68. The van der Waals surface area contributed by atoms with Gasteiger partial charge in [-0.15, -0.1) is 0 Å². The van der Waals surface area contributed by atoms with Crippen LogP contribution in [-0.4, -0.2) is 23.1 Å². The van der Waals surface area contributed by atoms with Crippen molar-refractivity contribution >= 4 is 22.7 Å². The smallest absolute Gasteiger partial charge is 0.172 e. The zero-order chi connectivity index (χ0) is 14.1. The zero-order valence-electron chi connectivity index (χ0n) is 12.2. The van der Waals surface area contributed by atoms with Crippen molar-refractivity contribution < 1.29 is 0 Å². The molecule has 2 heterocycles. The minimum Gasteiger partial charge on any atom is -0.381 e. The van der Waals surface area contributed by atoms with Gasteiger partial charge in [0.15, 0.2) is 11.6 Å². The van der Waals surface area contributed by atoms with Gasteiger partial charge in [-0.1, -0.05) is 26.0 Å². The molecular weight excluding hydrogens is 248 g/mol. The van der Waals surface area contributed by atoms with Gasteiger partial charge in [-0.05, 0) is 36.8 Å². The van der Waals surface area contributed by atoms with E-state index in [2.05, 4.69) is 23.7 Å². The Bertz CT molecular complexity index is 600. The Morgan fingerprint density at radius 3 is 2.30 bits per heavy atom. The van der Waals surface area contributed by atoms with Gasteiger partial charge in [0.1, 0.15) is 0 Å². The van der Waals surface area contributed by atoms with Gasteiger partial charge in [-0.25, -0.2) is 9.97 Å². The van der Waals surface area contributed by atoms with Crippen molar-refractivity contribution in [1.29, 1.82) is 0 Å².